The number of nitrogens with one attached hydrogen (secondary N) is 2. The smallest absolute Gasteiger partial charge is 0.239 e. The number of aryl methyl sites for hydroxylation is 1. The van der Waals surface area contributed by atoms with Gasteiger partial charge in [-0.15, -0.1) is 0 Å². The Kier molecular flexibility index (Phi) is 6.32. The van der Waals surface area contributed by atoms with Crippen molar-refractivity contribution in [1.82, 2.24) is 10.6 Å². The van der Waals surface area contributed by atoms with E-state index in [1.54, 1.807) is 12.1 Å². The molecule has 0 radical (unpaired) electrons. The Balaban J connectivity index is 2.46. The van der Waals surface area contributed by atoms with Gasteiger partial charge in [0.2, 0.25) is 11.8 Å². The average Bonchev–Trinajstić information content (AvgIpc) is 2.41. The zero-order valence-electron chi connectivity index (χ0n) is 14.0. The molecule has 6 nitrogen and oxygen atoms in total. The van der Waals surface area contributed by atoms with Crippen molar-refractivity contribution in [3.05, 3.63) is 29.8 Å². The van der Waals surface area contributed by atoms with Crippen molar-refractivity contribution < 1.29 is 18.0 Å². The highest BCUT2D eigenvalue weighted by Gasteiger charge is 2.17. The van der Waals surface area contributed by atoms with Gasteiger partial charge in [0.25, 0.3) is 0 Å². The van der Waals surface area contributed by atoms with E-state index in [0.717, 1.165) is 5.56 Å². The third-order valence-corrected chi connectivity index (χ3v) is 4.67. The molecule has 23 heavy (non-hydrogen) atoms. The Morgan fingerprint density at radius 1 is 1.04 bits per heavy atom. The Hall–Kier alpha value is -1.89. The van der Waals surface area contributed by atoms with Crippen molar-refractivity contribution in [2.24, 2.45) is 0 Å². The van der Waals surface area contributed by atoms with Crippen molar-refractivity contribution in [2.45, 2.75) is 44.6 Å². The number of carbonyl (C=O) groups is 2. The second kappa shape index (κ2) is 7.59. The molecule has 128 valence electrons. The summed E-state index contributed by atoms with van der Waals surface area (Å²) in [5, 5.41) is 5.13. The Labute approximate surface area is 137 Å². The van der Waals surface area contributed by atoms with Gasteiger partial charge in [-0.3, -0.25) is 9.59 Å². The van der Waals surface area contributed by atoms with Gasteiger partial charge in [-0.1, -0.05) is 17.7 Å². The standard InChI is InChI=1S/C16H24N2O4S/c1-12-5-7-13(8-6-12)23(21,22)10-9-14(19)17-11-15(20)18-16(2,3)4/h5-8H,9-11H2,1-4H3,(H,17,19)(H,18,20). The van der Waals surface area contributed by atoms with Gasteiger partial charge in [0.1, 0.15) is 0 Å². The van der Waals surface area contributed by atoms with E-state index in [1.807, 2.05) is 27.7 Å². The quantitative estimate of drug-likeness (QED) is 0.813. The van der Waals surface area contributed by atoms with Gasteiger partial charge < -0.3 is 10.6 Å². The van der Waals surface area contributed by atoms with Crippen LogP contribution in [0.2, 0.25) is 0 Å². The molecule has 1 aromatic rings. The molecule has 0 aromatic heterocycles. The molecule has 0 aliphatic rings. The van der Waals surface area contributed by atoms with Gasteiger partial charge in [0, 0.05) is 12.0 Å². The van der Waals surface area contributed by atoms with Crippen LogP contribution < -0.4 is 10.6 Å². The lowest BCUT2D eigenvalue weighted by Gasteiger charge is -2.20. The lowest BCUT2D eigenvalue weighted by molar-refractivity contribution is -0.126. The predicted molar refractivity (Wildman–Crippen MR) is 88.8 cm³/mol. The van der Waals surface area contributed by atoms with E-state index in [-0.39, 0.29) is 35.1 Å². The predicted octanol–water partition coefficient (Wildman–Crippen LogP) is 1.19. The molecule has 2 amide bonds. The molecule has 7 heteroatoms. The molecule has 0 aliphatic carbocycles. The first-order valence-electron chi connectivity index (χ1n) is 7.37. The zero-order valence-corrected chi connectivity index (χ0v) is 14.8. The highest BCUT2D eigenvalue weighted by molar-refractivity contribution is 7.91. The highest BCUT2D eigenvalue weighted by atomic mass is 32.2. The Bertz CT molecular complexity index is 658. The molecule has 0 bridgehead atoms. The molecule has 1 aromatic carbocycles. The summed E-state index contributed by atoms with van der Waals surface area (Å²) in [4.78, 5) is 23.5. The molecular weight excluding hydrogens is 316 g/mol. The van der Waals surface area contributed by atoms with Gasteiger partial charge in [-0.2, -0.15) is 0 Å². The lowest BCUT2D eigenvalue weighted by atomic mass is 10.1. The first-order chi connectivity index (χ1) is 10.5. The third-order valence-electron chi connectivity index (χ3n) is 2.94. The molecule has 0 saturated heterocycles. The van der Waals surface area contributed by atoms with E-state index in [4.69, 9.17) is 0 Å². The van der Waals surface area contributed by atoms with Crippen LogP contribution in [0.1, 0.15) is 32.8 Å². The van der Waals surface area contributed by atoms with E-state index >= 15 is 0 Å². The van der Waals surface area contributed by atoms with Crippen LogP contribution in [0.5, 0.6) is 0 Å². The second-order valence-corrected chi connectivity index (χ2v) is 8.57. The minimum absolute atomic E-state index is 0.166. The van der Waals surface area contributed by atoms with Gasteiger partial charge in [0.05, 0.1) is 17.2 Å². The van der Waals surface area contributed by atoms with Gasteiger partial charge in [0.15, 0.2) is 9.84 Å². The van der Waals surface area contributed by atoms with Crippen LogP contribution in [0.3, 0.4) is 0 Å². The summed E-state index contributed by atoms with van der Waals surface area (Å²) in [6.07, 6.45) is -0.182. The van der Waals surface area contributed by atoms with E-state index in [2.05, 4.69) is 10.6 Å². The van der Waals surface area contributed by atoms with Crippen LogP contribution in [0, 0.1) is 6.92 Å². The summed E-state index contributed by atoms with van der Waals surface area (Å²) in [5.41, 5.74) is 0.586. The van der Waals surface area contributed by atoms with Crippen LogP contribution in [0.25, 0.3) is 0 Å². The first kappa shape index (κ1) is 19.2. The zero-order chi connectivity index (χ0) is 17.7. The number of carbonyl (C=O) groups excluding carboxylic acids is 2. The van der Waals surface area contributed by atoms with E-state index in [0.29, 0.717) is 0 Å². The normalized spacial score (nSPS) is 11.8. The maximum atomic E-state index is 12.1. The highest BCUT2D eigenvalue weighted by Crippen LogP contribution is 2.12. The fourth-order valence-corrected chi connectivity index (χ4v) is 3.06. The Morgan fingerprint density at radius 2 is 1.61 bits per heavy atom. The molecule has 2 N–H and O–H groups in total. The van der Waals surface area contributed by atoms with Crippen LogP contribution in [0.4, 0.5) is 0 Å². The molecular formula is C16H24N2O4S. The van der Waals surface area contributed by atoms with Crippen molar-refractivity contribution in [1.29, 1.82) is 0 Å². The number of hydrogen-bond donors (Lipinski definition) is 2. The summed E-state index contributed by atoms with van der Waals surface area (Å²) in [6, 6.07) is 6.48. The second-order valence-electron chi connectivity index (χ2n) is 6.46. The van der Waals surface area contributed by atoms with Crippen LogP contribution in [0.15, 0.2) is 29.2 Å². The van der Waals surface area contributed by atoms with Gasteiger partial charge >= 0.3 is 0 Å². The number of sulfone groups is 1. The molecule has 0 aliphatic heterocycles. The maximum absolute atomic E-state index is 12.1. The maximum Gasteiger partial charge on any atom is 0.239 e. The van der Waals surface area contributed by atoms with Crippen molar-refractivity contribution in [2.75, 3.05) is 12.3 Å². The summed E-state index contributed by atoms with van der Waals surface area (Å²) in [5.74, 6) is -1.07. The molecule has 0 unspecified atom stereocenters. The van der Waals surface area contributed by atoms with Crippen molar-refractivity contribution in [3.8, 4) is 0 Å². The fraction of sp³-hybridized carbons (Fsp3) is 0.500. The lowest BCUT2D eigenvalue weighted by Crippen LogP contribution is -2.46. The number of amides is 2. The van der Waals surface area contributed by atoms with Crippen molar-refractivity contribution >= 4 is 21.7 Å². The average molecular weight is 340 g/mol. The molecule has 0 heterocycles. The monoisotopic (exact) mass is 340 g/mol. The minimum Gasteiger partial charge on any atom is -0.350 e. The van der Waals surface area contributed by atoms with Crippen molar-refractivity contribution in [3.63, 3.8) is 0 Å². The molecule has 0 fully saturated rings. The van der Waals surface area contributed by atoms with E-state index < -0.39 is 15.7 Å². The molecule has 0 atom stereocenters. The largest absolute Gasteiger partial charge is 0.350 e. The summed E-state index contributed by atoms with van der Waals surface area (Å²) >= 11 is 0. The topological polar surface area (TPSA) is 92.3 Å². The number of hydrogen-bond acceptors (Lipinski definition) is 4. The minimum atomic E-state index is -3.50. The van der Waals surface area contributed by atoms with E-state index in [1.165, 1.54) is 12.1 Å². The molecule has 1 rings (SSSR count). The van der Waals surface area contributed by atoms with Gasteiger partial charge in [-0.25, -0.2) is 8.42 Å². The van der Waals surface area contributed by atoms with Crippen LogP contribution in [-0.4, -0.2) is 38.1 Å². The van der Waals surface area contributed by atoms with Gasteiger partial charge in [-0.05, 0) is 39.8 Å². The van der Waals surface area contributed by atoms with Crippen LogP contribution in [-0.2, 0) is 19.4 Å². The summed E-state index contributed by atoms with van der Waals surface area (Å²) < 4.78 is 24.2. The summed E-state index contributed by atoms with van der Waals surface area (Å²) in [7, 11) is -3.50. The fourth-order valence-electron chi connectivity index (χ4n) is 1.82. The first-order valence-corrected chi connectivity index (χ1v) is 9.02. The van der Waals surface area contributed by atoms with Crippen LogP contribution >= 0.6 is 0 Å². The Morgan fingerprint density at radius 3 is 2.13 bits per heavy atom. The van der Waals surface area contributed by atoms with E-state index in [9.17, 15) is 18.0 Å². The number of benzene rings is 1. The number of rotatable bonds is 6. The molecule has 0 spiro atoms. The SMILES string of the molecule is Cc1ccc(S(=O)(=O)CCC(=O)NCC(=O)NC(C)(C)C)cc1. The molecule has 0 saturated carbocycles. The third kappa shape index (κ3) is 7.27. The summed E-state index contributed by atoms with van der Waals surface area (Å²) in [6.45, 7) is 7.20.